The van der Waals surface area contributed by atoms with E-state index in [9.17, 15) is 0 Å². The molecule has 1 atom stereocenters. The summed E-state index contributed by atoms with van der Waals surface area (Å²) in [4.78, 5) is 1.42. The summed E-state index contributed by atoms with van der Waals surface area (Å²) in [5, 5.41) is 12.5. The lowest BCUT2D eigenvalue weighted by Crippen LogP contribution is -2.35. The van der Waals surface area contributed by atoms with Crippen LogP contribution in [0.5, 0.6) is 0 Å². The zero-order valence-electron chi connectivity index (χ0n) is 9.76. The average Bonchev–Trinajstić information content (AvgIpc) is 2.63. The van der Waals surface area contributed by atoms with Crippen molar-refractivity contribution >= 4 is 11.6 Å². The highest BCUT2D eigenvalue weighted by molar-refractivity contribution is 6.30. The second-order valence-electron chi connectivity index (χ2n) is 4.30. The molecular weight excluding hydrogens is 238 g/mol. The van der Waals surface area contributed by atoms with Gasteiger partial charge >= 0.3 is 0 Å². The van der Waals surface area contributed by atoms with Gasteiger partial charge < -0.3 is 5.73 Å². The van der Waals surface area contributed by atoms with Crippen LogP contribution < -0.4 is 5.73 Å². The first-order valence-electron chi connectivity index (χ1n) is 5.25. The molecule has 6 heteroatoms. The van der Waals surface area contributed by atoms with E-state index >= 15 is 0 Å². The lowest BCUT2D eigenvalue weighted by Gasteiger charge is -2.23. The number of tetrazole rings is 1. The molecule has 0 radical (unpaired) electrons. The topological polar surface area (TPSA) is 69.6 Å². The summed E-state index contributed by atoms with van der Waals surface area (Å²) < 4.78 is 0. The summed E-state index contributed by atoms with van der Waals surface area (Å²) in [6.07, 6.45) is 0.515. The van der Waals surface area contributed by atoms with E-state index in [-0.39, 0.29) is 0 Å². The van der Waals surface area contributed by atoms with E-state index in [1.165, 1.54) is 4.80 Å². The average molecular weight is 252 g/mol. The Balaban J connectivity index is 2.24. The lowest BCUT2D eigenvalue weighted by molar-refractivity contribution is 0.476. The molecule has 1 aromatic carbocycles. The number of rotatable bonds is 3. The van der Waals surface area contributed by atoms with Gasteiger partial charge in [0.1, 0.15) is 0 Å². The third kappa shape index (κ3) is 2.81. The number of benzene rings is 1. The predicted octanol–water partition coefficient (Wildman–Crippen LogP) is 1.28. The van der Waals surface area contributed by atoms with Crippen LogP contribution in [0.15, 0.2) is 24.3 Å². The van der Waals surface area contributed by atoms with Gasteiger partial charge in [0.15, 0.2) is 5.82 Å². The van der Waals surface area contributed by atoms with Crippen LogP contribution in [-0.4, -0.2) is 20.2 Å². The van der Waals surface area contributed by atoms with Crippen LogP contribution in [0.1, 0.15) is 18.3 Å². The smallest absolute Gasteiger partial charge is 0.176 e. The Bertz CT molecular complexity index is 520. The number of hydrogen-bond acceptors (Lipinski definition) is 4. The zero-order valence-corrected chi connectivity index (χ0v) is 10.5. The second kappa shape index (κ2) is 4.43. The Labute approximate surface area is 105 Å². The molecule has 0 spiro atoms. The predicted molar refractivity (Wildman–Crippen MR) is 65.5 cm³/mol. The lowest BCUT2D eigenvalue weighted by atomic mass is 9.89. The van der Waals surface area contributed by atoms with E-state index in [2.05, 4.69) is 15.4 Å². The molecule has 1 unspecified atom stereocenters. The Morgan fingerprint density at radius 2 is 2.24 bits per heavy atom. The molecule has 17 heavy (non-hydrogen) atoms. The van der Waals surface area contributed by atoms with E-state index < -0.39 is 5.54 Å². The molecule has 2 aromatic rings. The van der Waals surface area contributed by atoms with Crippen molar-refractivity contribution in [3.8, 4) is 0 Å². The maximum atomic E-state index is 6.27. The van der Waals surface area contributed by atoms with Crippen molar-refractivity contribution in [2.75, 3.05) is 0 Å². The molecule has 90 valence electrons. The van der Waals surface area contributed by atoms with Gasteiger partial charge in [0, 0.05) is 17.0 Å². The van der Waals surface area contributed by atoms with Gasteiger partial charge in [0.2, 0.25) is 0 Å². The normalized spacial score (nSPS) is 14.6. The van der Waals surface area contributed by atoms with Crippen LogP contribution in [0, 0.1) is 0 Å². The molecule has 1 aromatic heterocycles. The van der Waals surface area contributed by atoms with E-state index in [1.807, 2.05) is 31.2 Å². The molecule has 0 saturated heterocycles. The number of nitrogens with two attached hydrogens (primary N) is 1. The first-order valence-corrected chi connectivity index (χ1v) is 5.63. The van der Waals surface area contributed by atoms with E-state index in [4.69, 9.17) is 17.3 Å². The fourth-order valence-corrected chi connectivity index (χ4v) is 1.86. The molecule has 0 saturated carbocycles. The van der Waals surface area contributed by atoms with E-state index in [0.29, 0.717) is 17.3 Å². The highest BCUT2D eigenvalue weighted by Crippen LogP contribution is 2.23. The minimum atomic E-state index is -0.562. The van der Waals surface area contributed by atoms with Crippen LogP contribution in [0.4, 0.5) is 0 Å². The van der Waals surface area contributed by atoms with Crippen LogP contribution >= 0.6 is 11.6 Å². The first-order chi connectivity index (χ1) is 7.97. The molecule has 2 N–H and O–H groups in total. The van der Waals surface area contributed by atoms with Crippen LogP contribution in [-0.2, 0) is 19.0 Å². The summed E-state index contributed by atoms with van der Waals surface area (Å²) in [6.45, 7) is 1.93. The minimum absolute atomic E-state index is 0.515. The van der Waals surface area contributed by atoms with Gasteiger partial charge in [0.05, 0.1) is 7.05 Å². The van der Waals surface area contributed by atoms with Gasteiger partial charge in [-0.1, -0.05) is 23.7 Å². The number of aromatic nitrogens is 4. The Morgan fingerprint density at radius 1 is 1.47 bits per heavy atom. The molecule has 0 fully saturated rings. The highest BCUT2D eigenvalue weighted by Gasteiger charge is 2.24. The Kier molecular flexibility index (Phi) is 3.13. The molecule has 0 aliphatic rings. The maximum absolute atomic E-state index is 6.27. The number of halogens is 1. The molecule has 0 amide bonds. The summed E-state index contributed by atoms with van der Waals surface area (Å²) >= 11 is 5.95. The standard InChI is InChI=1S/C11H14ClN5/c1-11(13,7-10-14-16-17(2)15-10)8-4-3-5-9(12)6-8/h3-6H,7,13H2,1-2H3. The Hall–Kier alpha value is -1.46. The molecule has 1 heterocycles. The third-order valence-corrected chi connectivity index (χ3v) is 2.79. The Morgan fingerprint density at radius 3 is 2.82 bits per heavy atom. The quantitative estimate of drug-likeness (QED) is 0.892. The van der Waals surface area contributed by atoms with Crippen molar-refractivity contribution in [1.82, 2.24) is 20.2 Å². The SMILES string of the molecule is Cn1nnc(CC(C)(N)c2cccc(Cl)c2)n1. The first kappa shape index (κ1) is 12.0. The van der Waals surface area contributed by atoms with Crippen molar-refractivity contribution < 1.29 is 0 Å². The van der Waals surface area contributed by atoms with Gasteiger partial charge in [0.25, 0.3) is 0 Å². The van der Waals surface area contributed by atoms with Crippen molar-refractivity contribution in [3.05, 3.63) is 40.7 Å². The van der Waals surface area contributed by atoms with E-state index in [0.717, 1.165) is 5.56 Å². The summed E-state index contributed by atoms with van der Waals surface area (Å²) in [5.41, 5.74) is 6.67. The molecule has 0 aliphatic heterocycles. The number of nitrogens with zero attached hydrogens (tertiary/aromatic N) is 4. The number of aryl methyl sites for hydroxylation is 1. The van der Waals surface area contributed by atoms with Crippen molar-refractivity contribution in [2.45, 2.75) is 18.9 Å². The largest absolute Gasteiger partial charge is 0.321 e. The van der Waals surface area contributed by atoms with Crippen molar-refractivity contribution in [2.24, 2.45) is 12.8 Å². The van der Waals surface area contributed by atoms with E-state index in [1.54, 1.807) is 7.05 Å². The van der Waals surface area contributed by atoms with Gasteiger partial charge in [-0.2, -0.15) is 4.80 Å². The molecule has 2 rings (SSSR count). The fraction of sp³-hybridized carbons (Fsp3) is 0.364. The fourth-order valence-electron chi connectivity index (χ4n) is 1.67. The summed E-state index contributed by atoms with van der Waals surface area (Å²) in [5.74, 6) is 0.623. The van der Waals surface area contributed by atoms with Crippen LogP contribution in [0.2, 0.25) is 5.02 Å². The van der Waals surface area contributed by atoms with Crippen molar-refractivity contribution in [3.63, 3.8) is 0 Å². The molecule has 0 aliphatic carbocycles. The highest BCUT2D eigenvalue weighted by atomic mass is 35.5. The van der Waals surface area contributed by atoms with Crippen molar-refractivity contribution in [1.29, 1.82) is 0 Å². The van der Waals surface area contributed by atoms with Gasteiger partial charge in [-0.15, -0.1) is 10.2 Å². The minimum Gasteiger partial charge on any atom is -0.321 e. The molecule has 5 nitrogen and oxygen atoms in total. The maximum Gasteiger partial charge on any atom is 0.176 e. The zero-order chi connectivity index (χ0) is 12.5. The molecular formula is C11H14ClN5. The monoisotopic (exact) mass is 251 g/mol. The van der Waals surface area contributed by atoms with Crippen LogP contribution in [0.3, 0.4) is 0 Å². The summed E-state index contributed by atoms with van der Waals surface area (Å²) in [6, 6.07) is 7.51. The van der Waals surface area contributed by atoms with Gasteiger partial charge in [-0.3, -0.25) is 0 Å². The third-order valence-electron chi connectivity index (χ3n) is 2.56. The number of hydrogen-bond donors (Lipinski definition) is 1. The van der Waals surface area contributed by atoms with Crippen LogP contribution in [0.25, 0.3) is 0 Å². The second-order valence-corrected chi connectivity index (χ2v) is 4.74. The summed E-state index contributed by atoms with van der Waals surface area (Å²) in [7, 11) is 1.73. The molecule has 0 bridgehead atoms. The van der Waals surface area contributed by atoms with Gasteiger partial charge in [-0.05, 0) is 29.8 Å². The van der Waals surface area contributed by atoms with Gasteiger partial charge in [-0.25, -0.2) is 0 Å².